The van der Waals surface area contributed by atoms with Crippen LogP contribution < -0.4 is 9.64 Å². The standard InChI is InChI=1S/C31H36FN7O4.CH2O2/c1-18-10-24-22(13-34-37-24)25-21(18)4-2-8-42-20-15-38(7-9-41-16-20)29-23-12-33-28(25)26(32)27(23)35-30(36-29)43-17-31-5-3-6-39(31)14-19(40)11-31;2-1-3/h10,12-13,19-20,40H,2-9,11,14-17H2,1H3,(H,34,37);1H,(H,2,3). The lowest BCUT2D eigenvalue weighted by molar-refractivity contribution is -0.122. The predicted molar refractivity (Wildman–Crippen MR) is 167 cm³/mol. The number of hydrogen-bond acceptors (Lipinski definition) is 11. The Labute approximate surface area is 264 Å². The number of benzene rings is 1. The lowest BCUT2D eigenvalue weighted by Crippen LogP contribution is -2.43. The third-order valence-corrected chi connectivity index (χ3v) is 9.67. The third kappa shape index (κ3) is 5.52. The van der Waals surface area contributed by atoms with E-state index in [0.29, 0.717) is 70.1 Å². The Balaban J connectivity index is 0.00000109. The monoisotopic (exact) mass is 635 g/mol. The molecule has 14 heteroatoms. The Morgan fingerprint density at radius 2 is 2.07 bits per heavy atom. The van der Waals surface area contributed by atoms with E-state index in [1.165, 1.54) is 0 Å². The van der Waals surface area contributed by atoms with Gasteiger partial charge < -0.3 is 29.3 Å². The maximum absolute atomic E-state index is 16.9. The van der Waals surface area contributed by atoms with Gasteiger partial charge in [-0.1, -0.05) is 0 Å². The van der Waals surface area contributed by atoms with Gasteiger partial charge in [-0.15, -0.1) is 0 Å². The molecule has 9 rings (SSSR count). The molecule has 0 spiro atoms. The van der Waals surface area contributed by atoms with Gasteiger partial charge in [-0.3, -0.25) is 19.8 Å². The van der Waals surface area contributed by atoms with E-state index in [1.54, 1.807) is 12.4 Å². The van der Waals surface area contributed by atoms with Gasteiger partial charge in [0.2, 0.25) is 0 Å². The van der Waals surface area contributed by atoms with Gasteiger partial charge in [0.1, 0.15) is 23.6 Å². The maximum atomic E-state index is 16.9. The summed E-state index contributed by atoms with van der Waals surface area (Å²) >= 11 is 0. The second-order valence-corrected chi connectivity index (χ2v) is 12.5. The second kappa shape index (κ2) is 12.7. The van der Waals surface area contributed by atoms with Gasteiger partial charge in [0.25, 0.3) is 6.47 Å². The number of aromatic amines is 1. The van der Waals surface area contributed by atoms with Gasteiger partial charge in [0.05, 0.1) is 48.1 Å². The van der Waals surface area contributed by atoms with E-state index in [9.17, 15) is 5.11 Å². The lowest BCUT2D eigenvalue weighted by atomic mass is 9.92. The van der Waals surface area contributed by atoms with Gasteiger partial charge in [-0.2, -0.15) is 15.1 Å². The molecule has 0 radical (unpaired) electrons. The summed E-state index contributed by atoms with van der Waals surface area (Å²) in [5.41, 5.74) is 3.76. The molecule has 5 aliphatic rings. The van der Waals surface area contributed by atoms with Crippen molar-refractivity contribution in [3.8, 4) is 17.3 Å². The van der Waals surface area contributed by atoms with Crippen molar-refractivity contribution in [1.82, 2.24) is 30.0 Å². The smallest absolute Gasteiger partial charge is 0.319 e. The second-order valence-electron chi connectivity index (χ2n) is 12.5. The molecule has 3 saturated heterocycles. The van der Waals surface area contributed by atoms with Crippen LogP contribution in [0.3, 0.4) is 0 Å². The van der Waals surface area contributed by atoms with Crippen LogP contribution in [0.2, 0.25) is 0 Å². The molecule has 3 aromatic heterocycles. The topological polar surface area (TPSA) is 159 Å². The van der Waals surface area contributed by atoms with Crippen molar-refractivity contribution in [1.29, 1.82) is 0 Å². The van der Waals surface area contributed by atoms with Crippen molar-refractivity contribution in [3.05, 3.63) is 35.4 Å². The van der Waals surface area contributed by atoms with E-state index in [0.717, 1.165) is 53.4 Å². The summed E-state index contributed by atoms with van der Waals surface area (Å²) in [6.07, 6.45) is 6.99. The zero-order valence-corrected chi connectivity index (χ0v) is 25.7. The number of aliphatic hydroxyl groups is 1. The van der Waals surface area contributed by atoms with Crippen molar-refractivity contribution in [3.63, 3.8) is 0 Å². The molecule has 0 amide bonds. The number of aromatic nitrogens is 5. The van der Waals surface area contributed by atoms with E-state index in [2.05, 4.69) is 31.0 Å². The highest BCUT2D eigenvalue weighted by atomic mass is 19.1. The van der Waals surface area contributed by atoms with Crippen molar-refractivity contribution in [2.45, 2.75) is 56.8 Å². The number of halogens is 1. The Kier molecular flexibility index (Phi) is 8.44. The molecule has 3 N–H and O–H groups in total. The van der Waals surface area contributed by atoms with E-state index >= 15 is 4.39 Å². The minimum absolute atomic E-state index is 0.119. The zero-order valence-electron chi connectivity index (χ0n) is 25.7. The Bertz CT molecular complexity index is 1750. The van der Waals surface area contributed by atoms with Crippen LogP contribution in [0.25, 0.3) is 33.1 Å². The number of ether oxygens (including phenoxy) is 3. The molecule has 0 saturated carbocycles. The quantitative estimate of drug-likeness (QED) is 0.283. The minimum atomic E-state index is -0.506. The van der Waals surface area contributed by atoms with Crippen LogP contribution in [0.1, 0.15) is 36.8 Å². The summed E-state index contributed by atoms with van der Waals surface area (Å²) in [6, 6.07) is 2.17. The van der Waals surface area contributed by atoms with Crippen LogP contribution in [0, 0.1) is 12.7 Å². The first-order chi connectivity index (χ1) is 22.4. The summed E-state index contributed by atoms with van der Waals surface area (Å²) < 4.78 is 35.5. The van der Waals surface area contributed by atoms with E-state index < -0.39 is 5.82 Å². The van der Waals surface area contributed by atoms with E-state index in [1.807, 2.05) is 6.92 Å². The van der Waals surface area contributed by atoms with Gasteiger partial charge in [0.15, 0.2) is 5.82 Å². The third-order valence-electron chi connectivity index (χ3n) is 9.67. The Morgan fingerprint density at radius 1 is 1.20 bits per heavy atom. The number of fused-ring (bicyclic) bond motifs is 6. The summed E-state index contributed by atoms with van der Waals surface area (Å²) in [5.74, 6) is 0.0486. The number of pyridine rings is 1. The lowest BCUT2D eigenvalue weighted by Gasteiger charge is -2.31. The zero-order chi connectivity index (χ0) is 31.8. The van der Waals surface area contributed by atoms with Crippen LogP contribution in [-0.2, 0) is 20.7 Å². The first-order valence-electron chi connectivity index (χ1n) is 15.8. The average Bonchev–Trinajstić information content (AvgIpc) is 3.68. The molecule has 3 fully saturated rings. The Hall–Kier alpha value is -3.98. The van der Waals surface area contributed by atoms with E-state index in [-0.39, 0.29) is 41.4 Å². The summed E-state index contributed by atoms with van der Waals surface area (Å²) in [5, 5.41) is 25.9. The largest absolute Gasteiger partial charge is 0.483 e. The SMILES string of the molecule is Cc1cc2[nH]ncc2c2c1CCCOC1COCCN(C1)c1nc(OCC34CCCN3CC(O)C4)nc3c(F)c-2ncc13.O=CO. The molecule has 3 unspecified atom stereocenters. The van der Waals surface area contributed by atoms with Crippen LogP contribution >= 0.6 is 0 Å². The highest BCUT2D eigenvalue weighted by Crippen LogP contribution is 2.41. The molecule has 244 valence electrons. The molecule has 0 aliphatic carbocycles. The molecular weight excluding hydrogens is 597 g/mol. The molecule has 4 aromatic rings. The van der Waals surface area contributed by atoms with Crippen LogP contribution in [-0.4, -0.2) is 117 Å². The number of aryl methyl sites for hydroxylation is 1. The Morgan fingerprint density at radius 3 is 2.93 bits per heavy atom. The molecule has 46 heavy (non-hydrogen) atoms. The highest BCUT2D eigenvalue weighted by Gasteiger charge is 2.48. The number of H-pyrrole nitrogens is 1. The number of hydrogen-bond donors (Lipinski definition) is 3. The van der Waals surface area contributed by atoms with Crippen LogP contribution in [0.4, 0.5) is 10.2 Å². The van der Waals surface area contributed by atoms with Gasteiger partial charge >= 0.3 is 6.01 Å². The molecule has 5 aliphatic heterocycles. The number of anilines is 1. The number of carbonyl (C=O) groups is 1. The summed E-state index contributed by atoms with van der Waals surface area (Å²) in [4.78, 5) is 27.0. The first kappa shape index (κ1) is 30.7. The number of nitrogens with one attached hydrogen (secondary N) is 1. The first-order valence-corrected chi connectivity index (χ1v) is 15.8. The van der Waals surface area contributed by atoms with Gasteiger partial charge in [-0.25, -0.2) is 4.39 Å². The molecule has 6 bridgehead atoms. The van der Waals surface area contributed by atoms with Crippen LogP contribution in [0.15, 0.2) is 18.5 Å². The molecular formula is C32H38FN7O6. The number of aliphatic hydroxyl groups excluding tert-OH is 1. The minimum Gasteiger partial charge on any atom is -0.483 e. The molecule has 3 atom stereocenters. The summed E-state index contributed by atoms with van der Waals surface area (Å²) in [7, 11) is 0. The number of carboxylic acid groups (broad SMARTS) is 1. The number of rotatable bonds is 3. The van der Waals surface area contributed by atoms with Crippen molar-refractivity contribution in [2.75, 3.05) is 57.5 Å². The van der Waals surface area contributed by atoms with Crippen LogP contribution in [0.5, 0.6) is 6.01 Å². The summed E-state index contributed by atoms with van der Waals surface area (Å²) in [6.45, 7) is 6.34. The number of nitrogens with zero attached hydrogens (tertiary/aromatic N) is 6. The van der Waals surface area contributed by atoms with E-state index in [4.69, 9.17) is 34.1 Å². The fourth-order valence-corrected chi connectivity index (χ4v) is 7.62. The van der Waals surface area contributed by atoms with Crippen molar-refractivity contribution < 1.29 is 33.6 Å². The van der Waals surface area contributed by atoms with Gasteiger partial charge in [0, 0.05) is 43.4 Å². The fourth-order valence-electron chi connectivity index (χ4n) is 7.62. The molecule has 8 heterocycles. The molecule has 1 aromatic carbocycles. The maximum Gasteiger partial charge on any atom is 0.319 e. The van der Waals surface area contributed by atoms with Crippen molar-refractivity contribution in [2.24, 2.45) is 0 Å². The van der Waals surface area contributed by atoms with Crippen molar-refractivity contribution >= 4 is 34.1 Å². The van der Waals surface area contributed by atoms with Gasteiger partial charge in [-0.05, 0) is 62.8 Å². The number of β-amino-alcohol motifs (C(OH)–C–C–N with tert-alkyl or cyclic N) is 1. The average molecular weight is 636 g/mol. The fraction of sp³-hybridized carbons (Fsp3) is 0.531. The normalized spacial score (nSPS) is 24.7. The predicted octanol–water partition coefficient (Wildman–Crippen LogP) is 2.86. The highest BCUT2D eigenvalue weighted by molar-refractivity contribution is 5.99. The molecule has 13 nitrogen and oxygen atoms in total.